The Morgan fingerprint density at radius 2 is 2.00 bits per heavy atom. The largest absolute Gasteiger partial charge is 0.480 e. The number of nitrogens with one attached hydrogen (secondary N) is 2. The summed E-state index contributed by atoms with van der Waals surface area (Å²) < 4.78 is 0. The average Bonchev–Trinajstić information content (AvgIpc) is 2.27. The molecule has 7 nitrogen and oxygen atoms in total. The summed E-state index contributed by atoms with van der Waals surface area (Å²) in [6.45, 7) is 0. The van der Waals surface area contributed by atoms with Gasteiger partial charge in [-0.25, -0.2) is 0 Å². The Morgan fingerprint density at radius 3 is 2.39 bits per heavy atom. The topological polar surface area (TPSA) is 140 Å². The monoisotopic (exact) mass is 259 g/mol. The molecule has 8 heteroatoms. The number of carboxylic acid groups (broad SMARTS) is 1. The highest BCUT2D eigenvalue weighted by Gasteiger charge is 2.35. The lowest BCUT2D eigenvalue weighted by Crippen LogP contribution is -2.50. The fraction of sp³-hybridized carbons (Fsp3) is 0.800. The van der Waals surface area contributed by atoms with Crippen molar-refractivity contribution in [2.45, 2.75) is 44.0 Å². The van der Waals surface area contributed by atoms with Crippen molar-refractivity contribution < 1.29 is 19.9 Å². The third kappa shape index (κ3) is 5.99. The highest BCUT2D eigenvalue weighted by atomic mass is 16.4. The van der Waals surface area contributed by atoms with Gasteiger partial charge in [0.05, 0.1) is 5.84 Å². The first-order chi connectivity index (χ1) is 8.34. The van der Waals surface area contributed by atoms with Crippen molar-refractivity contribution in [3.63, 3.8) is 0 Å². The molecule has 0 aliphatic rings. The van der Waals surface area contributed by atoms with Gasteiger partial charge < -0.3 is 26.2 Å². The molecule has 0 aliphatic heterocycles. The molecule has 0 amide bonds. The van der Waals surface area contributed by atoms with Crippen LogP contribution in [-0.4, -0.2) is 46.7 Å². The lowest BCUT2D eigenvalue weighted by molar-refractivity contribution is -0.145. The average molecular weight is 259 g/mol. The summed E-state index contributed by atoms with van der Waals surface area (Å²) in [5, 5.41) is 36.6. The van der Waals surface area contributed by atoms with Crippen LogP contribution < -0.4 is 11.1 Å². The van der Waals surface area contributed by atoms with Crippen LogP contribution in [0.4, 0.5) is 0 Å². The molecule has 104 valence electrons. The Kier molecular flexibility index (Phi) is 7.57. The minimum Gasteiger partial charge on any atom is -0.480 e. The van der Waals surface area contributed by atoms with E-state index in [9.17, 15) is 9.90 Å². The van der Waals surface area contributed by atoms with Gasteiger partial charge in [-0.15, -0.1) is 0 Å². The van der Waals surface area contributed by atoms with Gasteiger partial charge in [0.25, 0.3) is 0 Å². The Balaban J connectivity index is 4.37. The summed E-state index contributed by atoms with van der Waals surface area (Å²) in [7, 11) is 0.214. The third-order valence-corrected chi connectivity index (χ3v) is 3.02. The molecular weight excluding hydrogens is 237 g/mol. The predicted octanol–water partition coefficient (Wildman–Crippen LogP) is -0.612. The first-order valence-corrected chi connectivity index (χ1v) is 5.95. The van der Waals surface area contributed by atoms with Gasteiger partial charge in [0, 0.05) is 6.42 Å². The molecule has 0 saturated carbocycles. The van der Waals surface area contributed by atoms with Crippen LogP contribution in [-0.2, 0) is 4.79 Å². The van der Waals surface area contributed by atoms with Crippen molar-refractivity contribution in [3.05, 3.63) is 0 Å². The number of nitrogens with two attached hydrogens (primary N) is 1. The summed E-state index contributed by atoms with van der Waals surface area (Å²) in [5.74, 6) is -1.02. The zero-order chi connectivity index (χ0) is 14.2. The lowest BCUT2D eigenvalue weighted by atomic mass is 9.81. The normalized spacial score (nSPS) is 13.9. The minimum atomic E-state index is -1.35. The first-order valence-electron chi connectivity index (χ1n) is 5.95. The van der Waals surface area contributed by atoms with E-state index in [1.54, 1.807) is 7.05 Å². The molecule has 0 saturated heterocycles. The van der Waals surface area contributed by atoms with E-state index in [0.717, 1.165) is 0 Å². The number of carbonyl (C=O) groups is 1. The number of hydrogen-bond donors (Lipinski definition) is 6. The molecule has 0 fully saturated rings. The van der Waals surface area contributed by atoms with Crippen molar-refractivity contribution in [1.29, 1.82) is 5.41 Å². The van der Waals surface area contributed by atoms with E-state index in [1.165, 1.54) is 0 Å². The molecule has 18 heavy (non-hydrogen) atoms. The van der Waals surface area contributed by atoms with Crippen LogP contribution in [0.15, 0.2) is 0 Å². The minimum absolute atomic E-state index is 0.0401. The van der Waals surface area contributed by atoms with E-state index in [4.69, 9.17) is 21.2 Å². The highest BCUT2D eigenvalue weighted by Crippen LogP contribution is 2.21. The van der Waals surface area contributed by atoms with Crippen molar-refractivity contribution >= 4 is 18.9 Å². The van der Waals surface area contributed by atoms with Gasteiger partial charge in [0.2, 0.25) is 0 Å². The number of aliphatic carboxylic acids is 1. The summed E-state index contributed by atoms with van der Waals surface area (Å²) in [6, 6.07) is 0. The van der Waals surface area contributed by atoms with Crippen molar-refractivity contribution in [2.24, 2.45) is 5.73 Å². The number of carboxylic acids is 1. The van der Waals surface area contributed by atoms with E-state index < -0.39 is 18.6 Å². The summed E-state index contributed by atoms with van der Waals surface area (Å²) in [5.41, 5.74) is 4.14. The van der Waals surface area contributed by atoms with Crippen molar-refractivity contribution in [1.82, 2.24) is 5.32 Å². The smallest absolute Gasteiger partial charge is 0.451 e. The summed E-state index contributed by atoms with van der Waals surface area (Å²) in [6.07, 6.45) is 2.15. The van der Waals surface area contributed by atoms with Crippen LogP contribution in [0, 0.1) is 5.41 Å². The van der Waals surface area contributed by atoms with Gasteiger partial charge in [-0.1, -0.05) is 12.8 Å². The van der Waals surface area contributed by atoms with E-state index in [0.29, 0.717) is 19.3 Å². The predicted molar refractivity (Wildman–Crippen MR) is 69.4 cm³/mol. The molecule has 7 N–H and O–H groups in total. The Labute approximate surface area is 107 Å². The molecule has 0 aromatic carbocycles. The fourth-order valence-electron chi connectivity index (χ4n) is 1.80. The number of likely N-dealkylation sites (N-methyl/N-ethyl adjacent to an activating group) is 1. The molecule has 0 aromatic heterocycles. The molecule has 0 aromatic rings. The number of rotatable bonds is 10. The van der Waals surface area contributed by atoms with Crippen LogP contribution in [0.5, 0.6) is 0 Å². The quantitative estimate of drug-likeness (QED) is 0.134. The highest BCUT2D eigenvalue weighted by molar-refractivity contribution is 6.40. The second-order valence-electron chi connectivity index (χ2n) is 4.39. The van der Waals surface area contributed by atoms with E-state index in [-0.39, 0.29) is 25.0 Å². The van der Waals surface area contributed by atoms with E-state index in [2.05, 4.69) is 5.32 Å². The summed E-state index contributed by atoms with van der Waals surface area (Å²) in [4.78, 5) is 11.3. The second-order valence-corrected chi connectivity index (χ2v) is 4.39. The molecule has 0 rings (SSSR count). The molecule has 0 spiro atoms. The molecule has 1 unspecified atom stereocenters. The van der Waals surface area contributed by atoms with Gasteiger partial charge >= 0.3 is 13.1 Å². The van der Waals surface area contributed by atoms with Gasteiger partial charge in [-0.2, -0.15) is 0 Å². The van der Waals surface area contributed by atoms with Crippen LogP contribution in [0.1, 0.15) is 32.1 Å². The number of amidine groups is 1. The van der Waals surface area contributed by atoms with Gasteiger partial charge in [0.1, 0.15) is 5.54 Å². The maximum absolute atomic E-state index is 11.3. The van der Waals surface area contributed by atoms with Gasteiger partial charge in [-0.3, -0.25) is 10.2 Å². The summed E-state index contributed by atoms with van der Waals surface area (Å²) >= 11 is 0. The number of hydrogen-bond acceptors (Lipinski definition) is 5. The van der Waals surface area contributed by atoms with Crippen molar-refractivity contribution in [2.75, 3.05) is 7.05 Å². The lowest BCUT2D eigenvalue weighted by Gasteiger charge is -2.29. The van der Waals surface area contributed by atoms with Crippen LogP contribution in [0.2, 0.25) is 6.32 Å². The molecule has 0 bridgehead atoms. The zero-order valence-electron chi connectivity index (χ0n) is 10.6. The standard InChI is InChI=1S/C10H22BN3O4/c1-14-10(9(15)16,6-4-8(12)13)5-2-3-7-11(17)18/h14,17-18H,2-7H2,1H3,(H3,12,13)(H,15,16). The molecule has 0 aliphatic carbocycles. The van der Waals surface area contributed by atoms with E-state index in [1.807, 2.05) is 0 Å². The van der Waals surface area contributed by atoms with Crippen LogP contribution in [0.3, 0.4) is 0 Å². The Morgan fingerprint density at radius 1 is 1.39 bits per heavy atom. The van der Waals surface area contributed by atoms with Crippen LogP contribution in [0.25, 0.3) is 0 Å². The Hall–Kier alpha value is -1.12. The van der Waals surface area contributed by atoms with Crippen LogP contribution >= 0.6 is 0 Å². The van der Waals surface area contributed by atoms with Gasteiger partial charge in [-0.05, 0) is 26.2 Å². The second kappa shape index (κ2) is 8.07. The maximum Gasteiger partial charge on any atom is 0.451 e. The third-order valence-electron chi connectivity index (χ3n) is 3.02. The molecule has 0 radical (unpaired) electrons. The zero-order valence-corrected chi connectivity index (χ0v) is 10.6. The molecule has 0 heterocycles. The molecule has 1 atom stereocenters. The Bertz CT molecular complexity index is 288. The maximum atomic E-state index is 11.3. The van der Waals surface area contributed by atoms with E-state index >= 15 is 0 Å². The first kappa shape index (κ1) is 16.9. The van der Waals surface area contributed by atoms with Gasteiger partial charge in [0.15, 0.2) is 0 Å². The fourth-order valence-corrected chi connectivity index (χ4v) is 1.80. The SMILES string of the molecule is CNC(CCCCB(O)O)(CCC(=N)N)C(=O)O. The van der Waals surface area contributed by atoms with Crippen molar-refractivity contribution in [3.8, 4) is 0 Å². The number of unbranched alkanes of at least 4 members (excludes halogenated alkanes) is 1. The molecular formula is C10H22BN3O4.